The van der Waals surface area contributed by atoms with Crippen LogP contribution in [0.4, 0.5) is 0 Å². The molecule has 1 rings (SSSR count). The number of aryl methyl sites for hydroxylation is 1. The fourth-order valence-corrected chi connectivity index (χ4v) is 2.04. The molecule has 0 fully saturated rings. The van der Waals surface area contributed by atoms with Crippen LogP contribution in [0.3, 0.4) is 0 Å². The van der Waals surface area contributed by atoms with Gasteiger partial charge in [-0.15, -0.1) is 0 Å². The molecule has 0 bridgehead atoms. The number of ether oxygens (including phenoxy) is 1. The highest BCUT2D eigenvalue weighted by Crippen LogP contribution is 2.18. The first-order chi connectivity index (χ1) is 9.23. The first-order valence-corrected chi connectivity index (χ1v) is 6.29. The van der Waals surface area contributed by atoms with Gasteiger partial charge in [0.2, 0.25) is 5.78 Å². The quantitative estimate of drug-likeness (QED) is 0.509. The number of allylic oxidation sites excluding steroid dienone is 1. The van der Waals surface area contributed by atoms with Crippen LogP contribution in [0, 0.1) is 13.8 Å². The zero-order chi connectivity index (χ0) is 15.4. The molecule has 0 saturated carbocycles. The molecular formula is C15H19NO4. The van der Waals surface area contributed by atoms with E-state index < -0.39 is 5.97 Å². The van der Waals surface area contributed by atoms with E-state index >= 15 is 0 Å². The number of nitrogens with one attached hydrogen (secondary N) is 1. The number of hydrogen-bond donors (Lipinski definition) is 1. The van der Waals surface area contributed by atoms with Gasteiger partial charge in [0.1, 0.15) is 0 Å². The smallest absolute Gasteiger partial charge is 0.331 e. The topological polar surface area (TPSA) is 76.2 Å². The number of rotatable bonds is 5. The van der Waals surface area contributed by atoms with Crippen molar-refractivity contribution in [1.29, 1.82) is 0 Å². The summed E-state index contributed by atoms with van der Waals surface area (Å²) in [6.07, 6.45) is 1.32. The molecule has 0 spiro atoms. The molecule has 108 valence electrons. The maximum absolute atomic E-state index is 12.0. The van der Waals surface area contributed by atoms with E-state index in [1.807, 2.05) is 0 Å². The molecule has 1 heterocycles. The lowest BCUT2D eigenvalue weighted by molar-refractivity contribution is -0.136. The van der Waals surface area contributed by atoms with Gasteiger partial charge in [-0.1, -0.05) is 5.57 Å². The van der Waals surface area contributed by atoms with Crippen LogP contribution in [0.1, 0.15) is 52.9 Å². The SMILES string of the molecule is CC(=O)c1c(C)[nH]c(C(=O)COC(=O)C=C(C)C)c1C. The van der Waals surface area contributed by atoms with Crippen LogP contribution in [0.15, 0.2) is 11.6 Å². The predicted octanol–water partition coefficient (Wildman–Crippen LogP) is 2.53. The lowest BCUT2D eigenvalue weighted by Crippen LogP contribution is -2.14. The molecule has 0 aromatic carbocycles. The molecule has 0 unspecified atom stereocenters. The van der Waals surface area contributed by atoms with E-state index in [4.69, 9.17) is 4.74 Å². The van der Waals surface area contributed by atoms with Crippen molar-refractivity contribution in [3.63, 3.8) is 0 Å². The summed E-state index contributed by atoms with van der Waals surface area (Å²) >= 11 is 0. The number of carbonyl (C=O) groups excluding carboxylic acids is 3. The van der Waals surface area contributed by atoms with Gasteiger partial charge < -0.3 is 9.72 Å². The number of aromatic amines is 1. The Hall–Kier alpha value is -2.17. The van der Waals surface area contributed by atoms with Crippen molar-refractivity contribution in [3.05, 3.63) is 34.2 Å². The van der Waals surface area contributed by atoms with Crippen molar-refractivity contribution >= 4 is 17.5 Å². The van der Waals surface area contributed by atoms with Gasteiger partial charge in [0.25, 0.3) is 0 Å². The average Bonchev–Trinajstić information content (AvgIpc) is 2.60. The molecule has 0 saturated heterocycles. The van der Waals surface area contributed by atoms with Gasteiger partial charge in [0, 0.05) is 17.3 Å². The molecule has 5 heteroatoms. The third-order valence-electron chi connectivity index (χ3n) is 2.82. The Morgan fingerprint density at radius 2 is 1.75 bits per heavy atom. The number of H-pyrrole nitrogens is 1. The average molecular weight is 277 g/mol. The molecule has 0 radical (unpaired) electrons. The number of ketones is 2. The van der Waals surface area contributed by atoms with Crippen LogP contribution in [0.5, 0.6) is 0 Å². The second kappa shape index (κ2) is 6.32. The molecule has 5 nitrogen and oxygen atoms in total. The van der Waals surface area contributed by atoms with Gasteiger partial charge in [0.05, 0.1) is 5.69 Å². The Labute approximate surface area is 118 Å². The van der Waals surface area contributed by atoms with Crippen molar-refractivity contribution in [2.45, 2.75) is 34.6 Å². The third-order valence-corrected chi connectivity index (χ3v) is 2.82. The Morgan fingerprint density at radius 1 is 1.15 bits per heavy atom. The number of Topliss-reactive ketones (excluding diaryl/α,β-unsaturated/α-hetero) is 2. The Balaban J connectivity index is 2.84. The first-order valence-electron chi connectivity index (χ1n) is 6.29. The van der Waals surface area contributed by atoms with Crippen molar-refractivity contribution in [2.75, 3.05) is 6.61 Å². The lowest BCUT2D eigenvalue weighted by Gasteiger charge is -2.02. The number of esters is 1. The maximum Gasteiger partial charge on any atom is 0.331 e. The van der Waals surface area contributed by atoms with Crippen molar-refractivity contribution < 1.29 is 19.1 Å². The number of hydrogen-bond acceptors (Lipinski definition) is 4. The monoisotopic (exact) mass is 277 g/mol. The summed E-state index contributed by atoms with van der Waals surface area (Å²) in [4.78, 5) is 37.7. The van der Waals surface area contributed by atoms with Gasteiger partial charge in [-0.05, 0) is 40.2 Å². The minimum absolute atomic E-state index is 0.100. The second-order valence-corrected chi connectivity index (χ2v) is 4.93. The van der Waals surface area contributed by atoms with E-state index in [0.29, 0.717) is 22.5 Å². The van der Waals surface area contributed by atoms with Crippen LogP contribution in [-0.2, 0) is 9.53 Å². The molecule has 0 atom stereocenters. The molecule has 0 aliphatic heterocycles. The molecule has 0 aliphatic carbocycles. The lowest BCUT2D eigenvalue weighted by atomic mass is 10.1. The van der Waals surface area contributed by atoms with Gasteiger partial charge in [-0.2, -0.15) is 0 Å². The van der Waals surface area contributed by atoms with Crippen LogP contribution < -0.4 is 0 Å². The first kappa shape index (κ1) is 15.9. The summed E-state index contributed by atoms with van der Waals surface area (Å²) in [5.74, 6) is -1.00. The highest BCUT2D eigenvalue weighted by molar-refractivity contribution is 6.04. The normalized spacial score (nSPS) is 10.1. The zero-order valence-corrected chi connectivity index (χ0v) is 12.4. The molecule has 0 aliphatic rings. The summed E-state index contributed by atoms with van der Waals surface area (Å²) in [7, 11) is 0. The van der Waals surface area contributed by atoms with Gasteiger partial charge in [-0.3, -0.25) is 9.59 Å². The number of aromatic nitrogens is 1. The third kappa shape index (κ3) is 3.66. The Morgan fingerprint density at radius 3 is 2.20 bits per heavy atom. The summed E-state index contributed by atoms with van der Waals surface area (Å²) < 4.78 is 4.86. The molecule has 20 heavy (non-hydrogen) atoms. The largest absolute Gasteiger partial charge is 0.454 e. The van der Waals surface area contributed by atoms with Crippen LogP contribution >= 0.6 is 0 Å². The van der Waals surface area contributed by atoms with Crippen molar-refractivity contribution in [1.82, 2.24) is 4.98 Å². The minimum atomic E-state index is -0.550. The fraction of sp³-hybridized carbons (Fsp3) is 0.400. The predicted molar refractivity (Wildman–Crippen MR) is 75.0 cm³/mol. The van der Waals surface area contributed by atoms with E-state index in [1.54, 1.807) is 27.7 Å². The van der Waals surface area contributed by atoms with Gasteiger partial charge in [-0.25, -0.2) is 4.79 Å². The second-order valence-electron chi connectivity index (χ2n) is 4.93. The molecule has 0 amide bonds. The van der Waals surface area contributed by atoms with E-state index in [0.717, 1.165) is 5.57 Å². The molecular weight excluding hydrogens is 258 g/mol. The molecule has 1 aromatic rings. The highest BCUT2D eigenvalue weighted by Gasteiger charge is 2.20. The summed E-state index contributed by atoms with van der Waals surface area (Å²) in [6.45, 7) is 8.06. The number of carbonyl (C=O) groups is 3. The van der Waals surface area contributed by atoms with Crippen LogP contribution in [0.2, 0.25) is 0 Å². The van der Waals surface area contributed by atoms with Gasteiger partial charge in [0.15, 0.2) is 12.4 Å². The standard InChI is InChI=1S/C15H19NO4/c1-8(2)6-13(19)20-7-12(18)15-9(3)14(11(5)17)10(4)16-15/h6,16H,7H2,1-5H3. The maximum atomic E-state index is 12.0. The Kier molecular flexibility index (Phi) is 5.02. The van der Waals surface area contributed by atoms with Crippen LogP contribution in [0.25, 0.3) is 0 Å². The fourth-order valence-electron chi connectivity index (χ4n) is 2.04. The van der Waals surface area contributed by atoms with E-state index in [9.17, 15) is 14.4 Å². The van der Waals surface area contributed by atoms with Crippen molar-refractivity contribution in [3.8, 4) is 0 Å². The zero-order valence-electron chi connectivity index (χ0n) is 12.4. The van der Waals surface area contributed by atoms with E-state index in [1.165, 1.54) is 13.0 Å². The van der Waals surface area contributed by atoms with Gasteiger partial charge >= 0.3 is 5.97 Å². The molecule has 1 aromatic heterocycles. The van der Waals surface area contributed by atoms with E-state index in [-0.39, 0.29) is 18.2 Å². The minimum Gasteiger partial charge on any atom is -0.454 e. The summed E-state index contributed by atoms with van der Waals surface area (Å²) in [6, 6.07) is 0. The Bertz CT molecular complexity index is 589. The summed E-state index contributed by atoms with van der Waals surface area (Å²) in [5.41, 5.74) is 2.88. The summed E-state index contributed by atoms with van der Waals surface area (Å²) in [5, 5.41) is 0. The van der Waals surface area contributed by atoms with Crippen molar-refractivity contribution in [2.24, 2.45) is 0 Å². The van der Waals surface area contributed by atoms with E-state index in [2.05, 4.69) is 4.98 Å². The van der Waals surface area contributed by atoms with Crippen LogP contribution in [-0.4, -0.2) is 29.1 Å². The highest BCUT2D eigenvalue weighted by atomic mass is 16.5. The molecule has 1 N–H and O–H groups in total.